The molecular formula is C13H17ClN2O. The van der Waals surface area contributed by atoms with Crippen molar-refractivity contribution in [2.45, 2.75) is 19.8 Å². The first kappa shape index (κ1) is 13.7. The quantitative estimate of drug-likeness (QED) is 0.596. The number of pyridine rings is 1. The second-order valence-electron chi connectivity index (χ2n) is 3.89. The van der Waals surface area contributed by atoms with Gasteiger partial charge in [0, 0.05) is 24.8 Å². The van der Waals surface area contributed by atoms with Crippen LogP contribution in [0, 0.1) is 0 Å². The maximum absolute atomic E-state index is 12.0. The fourth-order valence-corrected chi connectivity index (χ4v) is 1.78. The number of carbonyl (C=O) groups is 1. The van der Waals surface area contributed by atoms with Crippen molar-refractivity contribution in [3.8, 4) is 0 Å². The van der Waals surface area contributed by atoms with Crippen molar-refractivity contribution in [2.75, 3.05) is 13.6 Å². The third-order valence-electron chi connectivity index (χ3n) is 2.35. The van der Waals surface area contributed by atoms with Gasteiger partial charge >= 0.3 is 0 Å². The molecule has 1 aromatic rings. The minimum Gasteiger partial charge on any atom is -0.338 e. The van der Waals surface area contributed by atoms with E-state index in [1.54, 1.807) is 30.2 Å². The molecule has 0 atom stereocenters. The molecule has 0 unspecified atom stereocenters. The topological polar surface area (TPSA) is 33.2 Å². The summed E-state index contributed by atoms with van der Waals surface area (Å²) < 4.78 is 0. The Hall–Kier alpha value is -1.35. The highest BCUT2D eigenvalue weighted by Crippen LogP contribution is 2.14. The predicted octanol–water partition coefficient (Wildman–Crippen LogP) is 2.95. The number of nitrogens with zero attached hydrogens (tertiary/aromatic N) is 2. The highest BCUT2D eigenvalue weighted by Gasteiger charge is 2.12. The Bertz CT molecular complexity index is 418. The van der Waals surface area contributed by atoms with Crippen molar-refractivity contribution in [3.63, 3.8) is 0 Å². The summed E-state index contributed by atoms with van der Waals surface area (Å²) in [5, 5.41) is 0.367. The molecule has 0 saturated carbocycles. The number of carbonyl (C=O) groups excluding carboxylic acids is 1. The Morgan fingerprint density at radius 2 is 2.29 bits per heavy atom. The Labute approximate surface area is 107 Å². The lowest BCUT2D eigenvalue weighted by Gasteiger charge is -2.15. The molecule has 0 fully saturated rings. The molecule has 1 amide bonds. The molecule has 92 valence electrons. The number of aryl methyl sites for hydroxylation is 1. The van der Waals surface area contributed by atoms with Crippen LogP contribution in [0.1, 0.15) is 29.4 Å². The van der Waals surface area contributed by atoms with Crippen LogP contribution in [-0.2, 0) is 6.42 Å². The van der Waals surface area contributed by atoms with Gasteiger partial charge in [-0.25, -0.2) is 4.98 Å². The zero-order valence-corrected chi connectivity index (χ0v) is 11.0. The lowest BCUT2D eigenvalue weighted by atomic mass is 10.1. The van der Waals surface area contributed by atoms with E-state index in [4.69, 9.17) is 11.6 Å². The third-order valence-corrected chi connectivity index (χ3v) is 2.54. The molecule has 0 spiro atoms. The third kappa shape index (κ3) is 3.86. The van der Waals surface area contributed by atoms with Crippen molar-refractivity contribution >= 4 is 17.5 Å². The first-order chi connectivity index (χ1) is 8.08. The fraction of sp³-hybridized carbons (Fsp3) is 0.385. The first-order valence-electron chi connectivity index (χ1n) is 5.61. The van der Waals surface area contributed by atoms with Crippen LogP contribution in [-0.4, -0.2) is 29.4 Å². The number of rotatable bonds is 5. The number of halogens is 1. The van der Waals surface area contributed by atoms with Crippen LogP contribution in [0.5, 0.6) is 0 Å². The van der Waals surface area contributed by atoms with Gasteiger partial charge in [0.2, 0.25) is 0 Å². The summed E-state index contributed by atoms with van der Waals surface area (Å²) in [6.07, 6.45) is 3.49. The van der Waals surface area contributed by atoms with E-state index in [-0.39, 0.29) is 5.91 Å². The van der Waals surface area contributed by atoms with Crippen molar-refractivity contribution in [3.05, 3.63) is 41.2 Å². The molecule has 0 aromatic carbocycles. The van der Waals surface area contributed by atoms with Crippen molar-refractivity contribution < 1.29 is 4.79 Å². The predicted molar refractivity (Wildman–Crippen MR) is 70.4 cm³/mol. The van der Waals surface area contributed by atoms with Crippen molar-refractivity contribution in [1.29, 1.82) is 0 Å². The van der Waals surface area contributed by atoms with Gasteiger partial charge in [-0.3, -0.25) is 4.79 Å². The van der Waals surface area contributed by atoms with E-state index in [2.05, 4.69) is 18.5 Å². The van der Waals surface area contributed by atoms with Crippen LogP contribution in [0.15, 0.2) is 24.8 Å². The summed E-state index contributed by atoms with van der Waals surface area (Å²) in [6, 6.07) is 3.40. The molecule has 0 saturated heterocycles. The molecular weight excluding hydrogens is 236 g/mol. The second kappa shape index (κ2) is 6.40. The van der Waals surface area contributed by atoms with Crippen LogP contribution in [0.2, 0.25) is 5.15 Å². The molecule has 3 nitrogen and oxygen atoms in total. The fourth-order valence-electron chi connectivity index (χ4n) is 1.56. The highest BCUT2D eigenvalue weighted by molar-refractivity contribution is 6.29. The Balaban J connectivity index is 2.96. The van der Waals surface area contributed by atoms with Crippen LogP contribution < -0.4 is 0 Å². The van der Waals surface area contributed by atoms with Gasteiger partial charge in [0.25, 0.3) is 5.91 Å². The van der Waals surface area contributed by atoms with Crippen molar-refractivity contribution in [1.82, 2.24) is 9.88 Å². The minimum absolute atomic E-state index is 0.0634. The number of likely N-dealkylation sites (N-methyl/N-ethyl adjacent to an activating group) is 1. The molecule has 0 bridgehead atoms. The summed E-state index contributed by atoms with van der Waals surface area (Å²) in [5.74, 6) is -0.0634. The van der Waals surface area contributed by atoms with Gasteiger partial charge in [-0.05, 0) is 18.6 Å². The lowest BCUT2D eigenvalue weighted by Crippen LogP contribution is -2.26. The van der Waals surface area contributed by atoms with Crippen LogP contribution >= 0.6 is 11.6 Å². The van der Waals surface area contributed by atoms with E-state index >= 15 is 0 Å². The molecule has 1 aromatic heterocycles. The maximum atomic E-state index is 12.0. The van der Waals surface area contributed by atoms with Gasteiger partial charge in [0.05, 0.1) is 0 Å². The van der Waals surface area contributed by atoms with Crippen LogP contribution in [0.3, 0.4) is 0 Å². The lowest BCUT2D eigenvalue weighted by molar-refractivity contribution is 0.0810. The van der Waals surface area contributed by atoms with Gasteiger partial charge in [-0.15, -0.1) is 6.58 Å². The van der Waals surface area contributed by atoms with Gasteiger partial charge in [-0.1, -0.05) is 31.0 Å². The molecule has 4 heteroatoms. The van der Waals surface area contributed by atoms with Crippen LogP contribution in [0.4, 0.5) is 0 Å². The largest absolute Gasteiger partial charge is 0.338 e. The number of hydrogen-bond acceptors (Lipinski definition) is 2. The molecule has 0 aliphatic rings. The Kier molecular flexibility index (Phi) is 5.16. The standard InChI is InChI=1S/C13H17ClN2O/c1-4-6-11-8-10(9-12(14)15-11)13(17)16(3)7-5-2/h5,8-9H,2,4,6-7H2,1,3H3. The van der Waals surface area contributed by atoms with Gasteiger partial charge in [-0.2, -0.15) is 0 Å². The molecule has 0 radical (unpaired) electrons. The minimum atomic E-state index is -0.0634. The molecule has 1 heterocycles. The second-order valence-corrected chi connectivity index (χ2v) is 4.28. The molecule has 0 N–H and O–H groups in total. The average Bonchev–Trinajstić information content (AvgIpc) is 2.28. The summed E-state index contributed by atoms with van der Waals surface area (Å²) in [5.41, 5.74) is 1.44. The van der Waals surface area contributed by atoms with Gasteiger partial charge in [0.1, 0.15) is 5.15 Å². The zero-order chi connectivity index (χ0) is 12.8. The molecule has 0 aliphatic heterocycles. The Morgan fingerprint density at radius 3 is 2.88 bits per heavy atom. The summed E-state index contributed by atoms with van der Waals surface area (Å²) >= 11 is 5.91. The van der Waals surface area contributed by atoms with E-state index in [9.17, 15) is 4.79 Å². The zero-order valence-electron chi connectivity index (χ0n) is 10.2. The van der Waals surface area contributed by atoms with E-state index in [0.717, 1.165) is 18.5 Å². The SMILES string of the molecule is C=CCN(C)C(=O)c1cc(Cl)nc(CCC)c1. The smallest absolute Gasteiger partial charge is 0.254 e. The van der Waals surface area contributed by atoms with E-state index < -0.39 is 0 Å². The normalized spacial score (nSPS) is 10.1. The highest BCUT2D eigenvalue weighted by atomic mass is 35.5. The first-order valence-corrected chi connectivity index (χ1v) is 5.99. The molecule has 0 aliphatic carbocycles. The van der Waals surface area contributed by atoms with Crippen molar-refractivity contribution in [2.24, 2.45) is 0 Å². The van der Waals surface area contributed by atoms with Gasteiger partial charge < -0.3 is 4.90 Å². The molecule has 17 heavy (non-hydrogen) atoms. The number of amides is 1. The van der Waals surface area contributed by atoms with E-state index in [0.29, 0.717) is 17.3 Å². The monoisotopic (exact) mass is 252 g/mol. The summed E-state index contributed by atoms with van der Waals surface area (Å²) in [4.78, 5) is 17.8. The van der Waals surface area contributed by atoms with E-state index in [1.807, 2.05) is 0 Å². The average molecular weight is 253 g/mol. The molecule has 1 rings (SSSR count). The van der Waals surface area contributed by atoms with Crippen LogP contribution in [0.25, 0.3) is 0 Å². The van der Waals surface area contributed by atoms with Gasteiger partial charge in [0.15, 0.2) is 0 Å². The number of aromatic nitrogens is 1. The summed E-state index contributed by atoms with van der Waals surface area (Å²) in [7, 11) is 1.73. The van der Waals surface area contributed by atoms with E-state index in [1.165, 1.54) is 0 Å². The number of hydrogen-bond donors (Lipinski definition) is 0. The summed E-state index contributed by atoms with van der Waals surface area (Å²) in [6.45, 7) is 6.19. The Morgan fingerprint density at radius 1 is 1.59 bits per heavy atom. The maximum Gasteiger partial charge on any atom is 0.254 e.